The van der Waals surface area contributed by atoms with Gasteiger partial charge in [0, 0.05) is 24.3 Å². The van der Waals surface area contributed by atoms with Crippen LogP contribution in [0.5, 0.6) is 0 Å². The summed E-state index contributed by atoms with van der Waals surface area (Å²) in [7, 11) is 1.41. The molecule has 2 unspecified atom stereocenters. The highest BCUT2D eigenvalue weighted by Gasteiger charge is 2.36. The summed E-state index contributed by atoms with van der Waals surface area (Å²) < 4.78 is 4.76. The first-order valence-corrected chi connectivity index (χ1v) is 6.97. The molecule has 19 heavy (non-hydrogen) atoms. The van der Waals surface area contributed by atoms with E-state index in [4.69, 9.17) is 4.74 Å². The summed E-state index contributed by atoms with van der Waals surface area (Å²) in [5, 5.41) is 3.58. The van der Waals surface area contributed by atoms with Crippen molar-refractivity contribution in [2.75, 3.05) is 25.5 Å². The van der Waals surface area contributed by atoms with Gasteiger partial charge in [0.25, 0.3) is 0 Å². The molecule has 0 spiro atoms. The first kappa shape index (κ1) is 12.5. The van der Waals surface area contributed by atoms with Crippen molar-refractivity contribution >= 4 is 11.7 Å². The number of fused-ring (bicyclic) bond motifs is 1. The van der Waals surface area contributed by atoms with Gasteiger partial charge in [0.05, 0.1) is 12.7 Å². The van der Waals surface area contributed by atoms with Crippen LogP contribution in [0.4, 0.5) is 5.69 Å². The maximum absolute atomic E-state index is 11.5. The van der Waals surface area contributed by atoms with Crippen LogP contribution < -0.4 is 5.32 Å². The van der Waals surface area contributed by atoms with Crippen LogP contribution in [0.1, 0.15) is 29.6 Å². The van der Waals surface area contributed by atoms with Gasteiger partial charge in [-0.25, -0.2) is 4.79 Å². The van der Waals surface area contributed by atoms with Gasteiger partial charge in [0.2, 0.25) is 0 Å². The van der Waals surface area contributed by atoms with Crippen molar-refractivity contribution in [1.29, 1.82) is 0 Å². The zero-order valence-electron chi connectivity index (χ0n) is 11.3. The van der Waals surface area contributed by atoms with Crippen LogP contribution in [-0.4, -0.2) is 43.2 Å². The number of nitrogens with zero attached hydrogens (tertiary/aromatic N) is 1. The van der Waals surface area contributed by atoms with Crippen LogP contribution in [0.25, 0.3) is 0 Å². The molecule has 0 bridgehead atoms. The van der Waals surface area contributed by atoms with Crippen LogP contribution in [0.2, 0.25) is 0 Å². The molecule has 0 radical (unpaired) electrons. The second-order valence-electron chi connectivity index (χ2n) is 5.36. The smallest absolute Gasteiger partial charge is 0.337 e. The summed E-state index contributed by atoms with van der Waals surface area (Å²) in [5.74, 6) is -0.280. The number of hydrogen-bond acceptors (Lipinski definition) is 4. The van der Waals surface area contributed by atoms with E-state index in [2.05, 4.69) is 10.2 Å². The molecule has 2 saturated heterocycles. The first-order chi connectivity index (χ1) is 9.28. The molecule has 2 fully saturated rings. The summed E-state index contributed by atoms with van der Waals surface area (Å²) in [4.78, 5) is 14.1. The molecule has 2 heterocycles. The number of anilines is 1. The Labute approximate surface area is 113 Å². The number of rotatable bonds is 3. The average Bonchev–Trinajstić information content (AvgIpc) is 3.03. The molecule has 0 aromatic heterocycles. The Morgan fingerprint density at radius 3 is 3.11 bits per heavy atom. The molecule has 1 aromatic carbocycles. The highest BCUT2D eigenvalue weighted by molar-refractivity contribution is 5.90. The van der Waals surface area contributed by atoms with Gasteiger partial charge >= 0.3 is 5.97 Å². The molecule has 2 aliphatic rings. The summed E-state index contributed by atoms with van der Waals surface area (Å²) >= 11 is 0. The van der Waals surface area contributed by atoms with E-state index in [1.165, 1.54) is 39.5 Å². The molecule has 0 saturated carbocycles. The number of benzene rings is 1. The Hall–Kier alpha value is -1.55. The molecule has 2 aliphatic heterocycles. The number of hydrogen-bond donors (Lipinski definition) is 1. The minimum absolute atomic E-state index is 0.280. The van der Waals surface area contributed by atoms with Crippen molar-refractivity contribution in [1.82, 2.24) is 4.90 Å². The highest BCUT2D eigenvalue weighted by Crippen LogP contribution is 2.30. The summed E-state index contributed by atoms with van der Waals surface area (Å²) in [5.41, 5.74) is 1.62. The van der Waals surface area contributed by atoms with Gasteiger partial charge in [-0.15, -0.1) is 0 Å². The van der Waals surface area contributed by atoms with Crippen LogP contribution in [0.15, 0.2) is 24.3 Å². The number of methoxy groups -OCH3 is 1. The van der Waals surface area contributed by atoms with Crippen molar-refractivity contribution in [2.24, 2.45) is 0 Å². The van der Waals surface area contributed by atoms with Gasteiger partial charge in [0.15, 0.2) is 0 Å². The molecular weight excluding hydrogens is 240 g/mol. The zero-order chi connectivity index (χ0) is 13.2. The fraction of sp³-hybridized carbons (Fsp3) is 0.533. The molecule has 1 N–H and O–H groups in total. The highest BCUT2D eigenvalue weighted by atomic mass is 16.5. The standard InChI is InChI=1S/C15H20N2O2/c1-19-15(18)11-4-2-5-12(10-11)16-13-7-9-17-8-3-6-14(13)17/h2,4-5,10,13-14,16H,3,6-9H2,1H3. The van der Waals surface area contributed by atoms with E-state index >= 15 is 0 Å². The predicted molar refractivity (Wildman–Crippen MR) is 74.4 cm³/mol. The maximum Gasteiger partial charge on any atom is 0.337 e. The van der Waals surface area contributed by atoms with Crippen molar-refractivity contribution in [3.8, 4) is 0 Å². The van der Waals surface area contributed by atoms with Gasteiger partial charge in [-0.1, -0.05) is 6.07 Å². The number of ether oxygens (including phenoxy) is 1. The largest absolute Gasteiger partial charge is 0.465 e. The third-order valence-electron chi connectivity index (χ3n) is 4.24. The Balaban J connectivity index is 1.71. The lowest BCUT2D eigenvalue weighted by atomic mass is 10.1. The van der Waals surface area contributed by atoms with E-state index < -0.39 is 0 Å². The molecule has 3 rings (SSSR count). The number of nitrogens with one attached hydrogen (secondary N) is 1. The molecule has 1 aromatic rings. The Morgan fingerprint density at radius 1 is 1.37 bits per heavy atom. The zero-order valence-corrected chi connectivity index (χ0v) is 11.3. The van der Waals surface area contributed by atoms with Crippen molar-refractivity contribution in [3.05, 3.63) is 29.8 Å². The van der Waals surface area contributed by atoms with Gasteiger partial charge in [-0.2, -0.15) is 0 Å². The van der Waals surface area contributed by atoms with Crippen molar-refractivity contribution in [2.45, 2.75) is 31.3 Å². The first-order valence-electron chi connectivity index (χ1n) is 6.97. The van der Waals surface area contributed by atoms with Gasteiger partial charge in [0.1, 0.15) is 0 Å². The van der Waals surface area contributed by atoms with Crippen LogP contribution >= 0.6 is 0 Å². The molecule has 102 valence electrons. The van der Waals surface area contributed by atoms with E-state index in [0.717, 1.165) is 5.69 Å². The lowest BCUT2D eigenvalue weighted by Gasteiger charge is -2.22. The van der Waals surface area contributed by atoms with E-state index in [1.54, 1.807) is 6.07 Å². The molecule has 4 heteroatoms. The third-order valence-corrected chi connectivity index (χ3v) is 4.24. The fourth-order valence-corrected chi connectivity index (χ4v) is 3.32. The Morgan fingerprint density at radius 2 is 2.26 bits per heavy atom. The topological polar surface area (TPSA) is 41.6 Å². The summed E-state index contributed by atoms with van der Waals surface area (Å²) in [6.45, 7) is 2.43. The number of carbonyl (C=O) groups is 1. The van der Waals surface area contributed by atoms with Gasteiger partial charge < -0.3 is 10.1 Å². The SMILES string of the molecule is COC(=O)c1cccc(NC2CCN3CCCC23)c1. The molecular formula is C15H20N2O2. The number of esters is 1. The predicted octanol–water partition coefficient (Wildman–Crippen LogP) is 2.12. The molecule has 2 atom stereocenters. The second kappa shape index (κ2) is 5.21. The van der Waals surface area contributed by atoms with Crippen LogP contribution in [0, 0.1) is 0 Å². The fourth-order valence-electron chi connectivity index (χ4n) is 3.32. The van der Waals surface area contributed by atoms with Crippen LogP contribution in [-0.2, 0) is 4.74 Å². The summed E-state index contributed by atoms with van der Waals surface area (Å²) in [6, 6.07) is 8.76. The Bertz CT molecular complexity index is 475. The van der Waals surface area contributed by atoms with E-state index in [0.29, 0.717) is 17.6 Å². The normalized spacial score (nSPS) is 26.2. The van der Waals surface area contributed by atoms with E-state index in [-0.39, 0.29) is 5.97 Å². The lowest BCUT2D eigenvalue weighted by Crippen LogP contribution is -2.33. The van der Waals surface area contributed by atoms with Crippen molar-refractivity contribution < 1.29 is 9.53 Å². The van der Waals surface area contributed by atoms with E-state index in [1.807, 2.05) is 18.2 Å². The third kappa shape index (κ3) is 2.45. The minimum Gasteiger partial charge on any atom is -0.465 e. The Kier molecular flexibility index (Phi) is 3.42. The van der Waals surface area contributed by atoms with E-state index in [9.17, 15) is 4.79 Å². The lowest BCUT2D eigenvalue weighted by molar-refractivity contribution is 0.0601. The summed E-state index contributed by atoms with van der Waals surface area (Å²) in [6.07, 6.45) is 3.78. The minimum atomic E-state index is -0.280. The molecule has 4 nitrogen and oxygen atoms in total. The van der Waals surface area contributed by atoms with Crippen molar-refractivity contribution in [3.63, 3.8) is 0 Å². The monoisotopic (exact) mass is 260 g/mol. The van der Waals surface area contributed by atoms with Gasteiger partial charge in [-0.05, 0) is 44.0 Å². The molecule has 0 amide bonds. The molecule has 0 aliphatic carbocycles. The second-order valence-corrected chi connectivity index (χ2v) is 5.36. The van der Waals surface area contributed by atoms with Crippen LogP contribution in [0.3, 0.4) is 0 Å². The number of carbonyl (C=O) groups excluding carboxylic acids is 1. The quantitative estimate of drug-likeness (QED) is 0.845. The van der Waals surface area contributed by atoms with Gasteiger partial charge in [-0.3, -0.25) is 4.90 Å². The average molecular weight is 260 g/mol. The maximum atomic E-state index is 11.5.